The number of rotatable bonds is 3. The number of likely N-dealkylation sites (tertiary alicyclic amines) is 1. The SMILES string of the molecule is Cn1cnnc1[C@H]1CCCN(C(=O)NCc2ccn[nH]2)C1. The summed E-state index contributed by atoms with van der Waals surface area (Å²) in [6.07, 6.45) is 5.39. The van der Waals surface area contributed by atoms with E-state index in [2.05, 4.69) is 25.7 Å². The van der Waals surface area contributed by atoms with Crippen LogP contribution in [0.2, 0.25) is 0 Å². The minimum atomic E-state index is -0.0449. The number of urea groups is 1. The lowest BCUT2D eigenvalue weighted by molar-refractivity contribution is 0.177. The number of nitrogens with one attached hydrogen (secondary N) is 2. The summed E-state index contributed by atoms with van der Waals surface area (Å²) in [5, 5.41) is 17.7. The van der Waals surface area contributed by atoms with Gasteiger partial charge in [0.25, 0.3) is 0 Å². The molecule has 2 amide bonds. The van der Waals surface area contributed by atoms with E-state index in [0.29, 0.717) is 13.1 Å². The van der Waals surface area contributed by atoms with Gasteiger partial charge in [-0.3, -0.25) is 5.10 Å². The maximum atomic E-state index is 12.2. The predicted molar refractivity (Wildman–Crippen MR) is 75.4 cm³/mol. The number of nitrogens with zero attached hydrogens (tertiary/aromatic N) is 5. The molecule has 2 N–H and O–H groups in total. The fourth-order valence-electron chi connectivity index (χ4n) is 2.70. The van der Waals surface area contributed by atoms with Gasteiger partial charge in [-0.05, 0) is 18.9 Å². The molecule has 3 rings (SSSR count). The number of aromatic nitrogens is 5. The van der Waals surface area contributed by atoms with Crippen molar-refractivity contribution in [3.05, 3.63) is 30.1 Å². The van der Waals surface area contributed by atoms with Gasteiger partial charge in [0.15, 0.2) is 0 Å². The Morgan fingerprint density at radius 3 is 3.19 bits per heavy atom. The molecule has 2 aromatic rings. The van der Waals surface area contributed by atoms with E-state index in [-0.39, 0.29) is 11.9 Å². The monoisotopic (exact) mass is 289 g/mol. The molecular weight excluding hydrogens is 270 g/mol. The second kappa shape index (κ2) is 5.94. The Balaban J connectivity index is 1.58. The van der Waals surface area contributed by atoms with E-state index in [0.717, 1.165) is 30.9 Å². The normalized spacial score (nSPS) is 18.7. The largest absolute Gasteiger partial charge is 0.332 e. The van der Waals surface area contributed by atoms with Crippen molar-refractivity contribution in [2.75, 3.05) is 13.1 Å². The van der Waals surface area contributed by atoms with Gasteiger partial charge >= 0.3 is 6.03 Å². The van der Waals surface area contributed by atoms with Crippen LogP contribution < -0.4 is 5.32 Å². The lowest BCUT2D eigenvalue weighted by Crippen LogP contribution is -2.45. The van der Waals surface area contributed by atoms with E-state index in [9.17, 15) is 4.79 Å². The highest BCUT2D eigenvalue weighted by Gasteiger charge is 2.27. The third-order valence-corrected chi connectivity index (χ3v) is 3.81. The molecule has 21 heavy (non-hydrogen) atoms. The minimum Gasteiger partial charge on any atom is -0.332 e. The molecule has 0 unspecified atom stereocenters. The summed E-state index contributed by atoms with van der Waals surface area (Å²) in [5.74, 6) is 1.20. The first-order valence-electron chi connectivity index (χ1n) is 7.09. The third-order valence-electron chi connectivity index (χ3n) is 3.81. The average Bonchev–Trinajstić information content (AvgIpc) is 3.16. The Morgan fingerprint density at radius 1 is 1.57 bits per heavy atom. The summed E-state index contributed by atoms with van der Waals surface area (Å²) in [4.78, 5) is 14.1. The lowest BCUT2D eigenvalue weighted by atomic mass is 9.97. The van der Waals surface area contributed by atoms with Gasteiger partial charge in [0.1, 0.15) is 12.2 Å². The number of aromatic amines is 1. The molecule has 1 saturated heterocycles. The van der Waals surface area contributed by atoms with Crippen LogP contribution in [-0.2, 0) is 13.6 Å². The molecule has 8 nitrogen and oxygen atoms in total. The van der Waals surface area contributed by atoms with Crippen molar-refractivity contribution in [3.8, 4) is 0 Å². The average molecular weight is 289 g/mol. The topological polar surface area (TPSA) is 91.7 Å². The molecule has 8 heteroatoms. The lowest BCUT2D eigenvalue weighted by Gasteiger charge is -2.32. The van der Waals surface area contributed by atoms with Crippen LogP contribution >= 0.6 is 0 Å². The molecule has 0 aliphatic carbocycles. The molecule has 0 aromatic carbocycles. The van der Waals surface area contributed by atoms with E-state index in [1.54, 1.807) is 12.5 Å². The predicted octanol–water partition coefficient (Wildman–Crippen LogP) is 0.627. The molecule has 1 atom stereocenters. The molecule has 0 bridgehead atoms. The Kier molecular flexibility index (Phi) is 3.85. The van der Waals surface area contributed by atoms with Crippen LogP contribution in [0.25, 0.3) is 0 Å². The Hall–Kier alpha value is -2.38. The molecule has 2 aromatic heterocycles. The molecule has 112 valence electrons. The number of H-pyrrole nitrogens is 1. The first kappa shape index (κ1) is 13.6. The molecule has 0 radical (unpaired) electrons. The van der Waals surface area contributed by atoms with Crippen LogP contribution in [0.1, 0.15) is 30.3 Å². The number of piperidine rings is 1. The van der Waals surface area contributed by atoms with Crippen molar-refractivity contribution in [1.29, 1.82) is 0 Å². The van der Waals surface area contributed by atoms with Gasteiger partial charge in [0.2, 0.25) is 0 Å². The molecule has 0 saturated carbocycles. The zero-order valence-electron chi connectivity index (χ0n) is 12.0. The van der Waals surface area contributed by atoms with Crippen LogP contribution in [0.3, 0.4) is 0 Å². The summed E-state index contributed by atoms with van der Waals surface area (Å²) in [6, 6.07) is 1.80. The maximum Gasteiger partial charge on any atom is 0.317 e. The van der Waals surface area contributed by atoms with Crippen LogP contribution in [0.15, 0.2) is 18.6 Å². The Labute approximate surface area is 122 Å². The number of amides is 2. The van der Waals surface area contributed by atoms with E-state index >= 15 is 0 Å². The summed E-state index contributed by atoms with van der Waals surface area (Å²) in [5.41, 5.74) is 0.894. The molecule has 1 fully saturated rings. The standard InChI is InChI=1S/C13H19N7O/c1-19-9-16-18-12(19)10-3-2-6-20(8-10)13(21)14-7-11-4-5-15-17-11/h4-5,9-10H,2-3,6-8H2,1H3,(H,14,21)(H,15,17)/t10-/m0/s1. The summed E-state index contributed by atoms with van der Waals surface area (Å²) < 4.78 is 1.93. The first-order valence-corrected chi connectivity index (χ1v) is 7.09. The van der Waals surface area contributed by atoms with Crippen LogP contribution in [0.5, 0.6) is 0 Å². The zero-order chi connectivity index (χ0) is 14.7. The smallest absolute Gasteiger partial charge is 0.317 e. The number of carbonyl (C=O) groups excluding carboxylic acids is 1. The fourth-order valence-corrected chi connectivity index (χ4v) is 2.70. The van der Waals surface area contributed by atoms with Gasteiger partial charge in [-0.25, -0.2) is 4.79 Å². The molecule has 1 aliphatic rings. The number of carbonyl (C=O) groups is 1. The molecular formula is C13H19N7O. The van der Waals surface area contributed by atoms with E-state index in [4.69, 9.17) is 0 Å². The van der Waals surface area contributed by atoms with Gasteiger partial charge in [0, 0.05) is 32.3 Å². The van der Waals surface area contributed by atoms with E-state index < -0.39 is 0 Å². The van der Waals surface area contributed by atoms with Crippen molar-refractivity contribution in [3.63, 3.8) is 0 Å². The van der Waals surface area contributed by atoms with Crippen molar-refractivity contribution >= 4 is 6.03 Å². The molecule has 0 spiro atoms. The van der Waals surface area contributed by atoms with Gasteiger partial charge in [-0.2, -0.15) is 5.10 Å². The third kappa shape index (κ3) is 3.04. The van der Waals surface area contributed by atoms with Crippen molar-refractivity contribution in [2.45, 2.75) is 25.3 Å². The maximum absolute atomic E-state index is 12.2. The Morgan fingerprint density at radius 2 is 2.48 bits per heavy atom. The highest BCUT2D eigenvalue weighted by Crippen LogP contribution is 2.24. The zero-order valence-corrected chi connectivity index (χ0v) is 12.0. The minimum absolute atomic E-state index is 0.0449. The van der Waals surface area contributed by atoms with E-state index in [1.165, 1.54) is 0 Å². The van der Waals surface area contributed by atoms with Crippen LogP contribution in [-0.4, -0.2) is 49.0 Å². The van der Waals surface area contributed by atoms with E-state index in [1.807, 2.05) is 22.6 Å². The highest BCUT2D eigenvalue weighted by molar-refractivity contribution is 5.74. The second-order valence-corrected chi connectivity index (χ2v) is 5.33. The number of aryl methyl sites for hydroxylation is 1. The summed E-state index contributed by atoms with van der Waals surface area (Å²) in [7, 11) is 1.94. The van der Waals surface area contributed by atoms with Crippen molar-refractivity contribution < 1.29 is 4.79 Å². The van der Waals surface area contributed by atoms with Crippen molar-refractivity contribution in [2.24, 2.45) is 7.05 Å². The quantitative estimate of drug-likeness (QED) is 0.867. The van der Waals surface area contributed by atoms with Crippen molar-refractivity contribution in [1.82, 2.24) is 35.2 Å². The summed E-state index contributed by atoms with van der Waals surface area (Å²) >= 11 is 0. The first-order chi connectivity index (χ1) is 10.2. The fraction of sp³-hybridized carbons (Fsp3) is 0.538. The van der Waals surface area contributed by atoms with Crippen LogP contribution in [0, 0.1) is 0 Å². The van der Waals surface area contributed by atoms with Crippen LogP contribution in [0.4, 0.5) is 4.79 Å². The van der Waals surface area contributed by atoms with Gasteiger partial charge in [-0.15, -0.1) is 10.2 Å². The number of hydrogen-bond donors (Lipinski definition) is 2. The molecule has 1 aliphatic heterocycles. The molecule has 3 heterocycles. The van der Waals surface area contributed by atoms with Gasteiger partial charge in [0.05, 0.1) is 12.2 Å². The van der Waals surface area contributed by atoms with Gasteiger partial charge in [-0.1, -0.05) is 0 Å². The second-order valence-electron chi connectivity index (χ2n) is 5.33. The highest BCUT2D eigenvalue weighted by atomic mass is 16.2. The van der Waals surface area contributed by atoms with Gasteiger partial charge < -0.3 is 14.8 Å². The summed E-state index contributed by atoms with van der Waals surface area (Å²) in [6.45, 7) is 1.93. The Bertz CT molecular complexity index is 591. The number of hydrogen-bond acceptors (Lipinski definition) is 4.